The lowest BCUT2D eigenvalue weighted by Crippen LogP contribution is -2.37. The first-order valence-corrected chi connectivity index (χ1v) is 5.07. The molecule has 1 aromatic rings. The molecule has 0 amide bonds. The van der Waals surface area contributed by atoms with E-state index < -0.39 is 0 Å². The Bertz CT molecular complexity index is 360. The summed E-state index contributed by atoms with van der Waals surface area (Å²) in [5.41, 5.74) is 0.267. The molecule has 0 aromatic carbocycles. The summed E-state index contributed by atoms with van der Waals surface area (Å²) in [6.07, 6.45) is 2.35. The molecule has 1 atom stereocenters. The van der Waals surface area contributed by atoms with Crippen LogP contribution in [0.1, 0.15) is 19.0 Å². The van der Waals surface area contributed by atoms with Crippen molar-refractivity contribution < 1.29 is 4.39 Å². The minimum atomic E-state index is -0.356. The largest absolute Gasteiger partial charge is 0.361 e. The zero-order valence-electron chi connectivity index (χ0n) is 8.97. The van der Waals surface area contributed by atoms with Crippen LogP contribution in [0.2, 0.25) is 0 Å². The first-order chi connectivity index (χ1) is 7.11. The average Bonchev–Trinajstić information content (AvgIpc) is 2.60. The molecule has 1 fully saturated rings. The molecular weight excluding hydrogens is 195 g/mol. The van der Waals surface area contributed by atoms with E-state index in [2.05, 4.69) is 27.5 Å². The number of hydrogen-bond donors (Lipinski definition) is 2. The molecule has 1 saturated heterocycles. The molecule has 0 spiro atoms. The fourth-order valence-corrected chi connectivity index (χ4v) is 1.75. The summed E-state index contributed by atoms with van der Waals surface area (Å²) in [5, 5.41) is 6.38. The van der Waals surface area contributed by atoms with Gasteiger partial charge >= 0.3 is 0 Å². The highest BCUT2D eigenvalue weighted by atomic mass is 19.1. The van der Waals surface area contributed by atoms with Crippen molar-refractivity contribution in [1.29, 1.82) is 0 Å². The van der Waals surface area contributed by atoms with Crippen LogP contribution in [0, 0.1) is 12.7 Å². The van der Waals surface area contributed by atoms with Crippen molar-refractivity contribution in [2.75, 3.05) is 18.4 Å². The lowest BCUT2D eigenvalue weighted by Gasteiger charge is -2.25. The second-order valence-corrected chi connectivity index (χ2v) is 4.23. The lowest BCUT2D eigenvalue weighted by molar-refractivity contribution is 0.544. The maximum absolute atomic E-state index is 13.6. The smallest absolute Gasteiger partial charge is 0.186 e. The number of anilines is 1. The molecule has 1 unspecified atom stereocenters. The molecule has 2 rings (SSSR count). The van der Waals surface area contributed by atoms with E-state index in [9.17, 15) is 4.39 Å². The van der Waals surface area contributed by atoms with Crippen molar-refractivity contribution >= 4 is 5.82 Å². The summed E-state index contributed by atoms with van der Waals surface area (Å²) >= 11 is 0. The third-order valence-corrected chi connectivity index (χ3v) is 2.75. The van der Waals surface area contributed by atoms with Crippen LogP contribution < -0.4 is 10.6 Å². The topological polar surface area (TPSA) is 49.8 Å². The zero-order chi connectivity index (χ0) is 10.9. The van der Waals surface area contributed by atoms with Crippen molar-refractivity contribution in [3.8, 4) is 0 Å². The molecule has 1 aliphatic rings. The summed E-state index contributed by atoms with van der Waals surface area (Å²) in [7, 11) is 0. The number of halogens is 1. The summed E-state index contributed by atoms with van der Waals surface area (Å²) in [4.78, 5) is 7.72. The Hall–Kier alpha value is -1.23. The zero-order valence-corrected chi connectivity index (χ0v) is 8.97. The van der Waals surface area contributed by atoms with E-state index >= 15 is 0 Å². The number of nitrogens with one attached hydrogen (secondary N) is 2. The molecule has 82 valence electrons. The first-order valence-electron chi connectivity index (χ1n) is 5.07. The number of aromatic nitrogens is 2. The van der Waals surface area contributed by atoms with E-state index in [1.54, 1.807) is 6.92 Å². The van der Waals surface area contributed by atoms with Crippen molar-refractivity contribution in [3.05, 3.63) is 17.8 Å². The van der Waals surface area contributed by atoms with E-state index in [1.165, 1.54) is 6.33 Å². The van der Waals surface area contributed by atoms with E-state index in [0.717, 1.165) is 19.5 Å². The molecule has 15 heavy (non-hydrogen) atoms. The fourth-order valence-electron chi connectivity index (χ4n) is 1.75. The molecule has 1 aliphatic heterocycles. The van der Waals surface area contributed by atoms with Crippen LogP contribution in [0.3, 0.4) is 0 Å². The van der Waals surface area contributed by atoms with Gasteiger partial charge in [0.15, 0.2) is 11.6 Å². The third-order valence-electron chi connectivity index (χ3n) is 2.75. The van der Waals surface area contributed by atoms with Crippen molar-refractivity contribution in [1.82, 2.24) is 15.3 Å². The molecular formula is C10H15FN4. The van der Waals surface area contributed by atoms with Gasteiger partial charge in [-0.2, -0.15) is 0 Å². The van der Waals surface area contributed by atoms with Crippen LogP contribution in [0.15, 0.2) is 6.33 Å². The number of rotatable bonds is 2. The molecule has 5 heteroatoms. The molecule has 0 radical (unpaired) electrons. The van der Waals surface area contributed by atoms with Crippen molar-refractivity contribution in [2.45, 2.75) is 25.8 Å². The standard InChI is InChI=1S/C10H15FN4/c1-7-8(11)9(14-6-13-7)15-10(2)3-4-12-5-10/h6,12H,3-5H2,1-2H3,(H,13,14,15). The maximum atomic E-state index is 13.6. The van der Waals surface area contributed by atoms with Gasteiger partial charge in [-0.15, -0.1) is 0 Å². The molecule has 0 bridgehead atoms. The van der Waals surface area contributed by atoms with Gasteiger partial charge in [0.25, 0.3) is 0 Å². The van der Waals surface area contributed by atoms with Gasteiger partial charge in [0, 0.05) is 12.1 Å². The Balaban J connectivity index is 2.20. The average molecular weight is 210 g/mol. The Morgan fingerprint density at radius 3 is 3.00 bits per heavy atom. The second kappa shape index (κ2) is 3.73. The van der Waals surface area contributed by atoms with Crippen LogP contribution in [0.5, 0.6) is 0 Å². The fraction of sp³-hybridized carbons (Fsp3) is 0.600. The summed E-state index contributed by atoms with van der Waals surface area (Å²) in [6.45, 7) is 5.48. The van der Waals surface area contributed by atoms with E-state index in [-0.39, 0.29) is 11.4 Å². The van der Waals surface area contributed by atoms with Crippen LogP contribution in [0.4, 0.5) is 10.2 Å². The summed E-state index contributed by atoms with van der Waals surface area (Å²) < 4.78 is 13.6. The van der Waals surface area contributed by atoms with Gasteiger partial charge in [0.05, 0.1) is 5.69 Å². The van der Waals surface area contributed by atoms with Crippen molar-refractivity contribution in [2.24, 2.45) is 0 Å². The summed E-state index contributed by atoms with van der Waals surface area (Å²) in [5.74, 6) is -0.0562. The van der Waals surface area contributed by atoms with Crippen LogP contribution in [-0.2, 0) is 0 Å². The van der Waals surface area contributed by atoms with E-state index in [1.807, 2.05) is 0 Å². The quantitative estimate of drug-likeness (QED) is 0.767. The highest BCUT2D eigenvalue weighted by Gasteiger charge is 2.29. The van der Waals surface area contributed by atoms with Gasteiger partial charge in [-0.05, 0) is 26.8 Å². The van der Waals surface area contributed by atoms with Crippen LogP contribution in [-0.4, -0.2) is 28.6 Å². The summed E-state index contributed by atoms with van der Waals surface area (Å²) in [6, 6.07) is 0. The predicted molar refractivity (Wildman–Crippen MR) is 56.2 cm³/mol. The normalized spacial score (nSPS) is 25.5. The van der Waals surface area contributed by atoms with Crippen LogP contribution >= 0.6 is 0 Å². The first kappa shape index (κ1) is 10.3. The Kier molecular flexibility index (Phi) is 2.56. The maximum Gasteiger partial charge on any atom is 0.186 e. The molecule has 0 aliphatic carbocycles. The number of aryl methyl sites for hydroxylation is 1. The highest BCUT2D eigenvalue weighted by molar-refractivity contribution is 5.40. The Labute approximate surface area is 88.3 Å². The highest BCUT2D eigenvalue weighted by Crippen LogP contribution is 2.21. The third kappa shape index (κ3) is 2.07. The second-order valence-electron chi connectivity index (χ2n) is 4.23. The molecule has 0 saturated carbocycles. The predicted octanol–water partition coefficient (Wildman–Crippen LogP) is 1.09. The molecule has 4 nitrogen and oxygen atoms in total. The van der Waals surface area contributed by atoms with Gasteiger partial charge in [-0.1, -0.05) is 0 Å². The molecule has 2 N–H and O–H groups in total. The molecule has 2 heterocycles. The SMILES string of the molecule is Cc1ncnc(NC2(C)CCNC2)c1F. The van der Waals surface area contributed by atoms with Gasteiger partial charge in [-0.3, -0.25) is 0 Å². The van der Waals surface area contributed by atoms with Gasteiger partial charge in [0.2, 0.25) is 0 Å². The Morgan fingerprint density at radius 1 is 1.53 bits per heavy atom. The molecule has 1 aromatic heterocycles. The van der Waals surface area contributed by atoms with E-state index in [0.29, 0.717) is 11.5 Å². The number of nitrogens with zero attached hydrogens (tertiary/aromatic N) is 2. The minimum Gasteiger partial charge on any atom is -0.361 e. The number of hydrogen-bond acceptors (Lipinski definition) is 4. The van der Waals surface area contributed by atoms with E-state index in [4.69, 9.17) is 0 Å². The van der Waals surface area contributed by atoms with Gasteiger partial charge in [-0.25, -0.2) is 14.4 Å². The van der Waals surface area contributed by atoms with Gasteiger partial charge < -0.3 is 10.6 Å². The van der Waals surface area contributed by atoms with Crippen molar-refractivity contribution in [3.63, 3.8) is 0 Å². The Morgan fingerprint density at radius 2 is 2.33 bits per heavy atom. The lowest BCUT2D eigenvalue weighted by atomic mass is 10.0. The van der Waals surface area contributed by atoms with Crippen LogP contribution in [0.25, 0.3) is 0 Å². The monoisotopic (exact) mass is 210 g/mol. The minimum absolute atomic E-state index is 0.109. The van der Waals surface area contributed by atoms with Gasteiger partial charge in [0.1, 0.15) is 6.33 Å².